The van der Waals surface area contributed by atoms with Crippen molar-refractivity contribution in [3.05, 3.63) is 44.6 Å². The molecule has 1 heterocycles. The molecule has 6 heteroatoms. The van der Waals surface area contributed by atoms with Crippen LogP contribution in [0, 0.1) is 0 Å². The molecular formula is C14H14BrNO3S. The first kappa shape index (κ1) is 14.9. The maximum Gasteiger partial charge on any atom is 0.255 e. The first-order valence-electron chi connectivity index (χ1n) is 5.87. The summed E-state index contributed by atoms with van der Waals surface area (Å²) in [5.41, 5.74) is 0.440. The van der Waals surface area contributed by atoms with Gasteiger partial charge in [0.15, 0.2) is 0 Å². The highest BCUT2D eigenvalue weighted by atomic mass is 79.9. The Kier molecular flexibility index (Phi) is 5.03. The second-order valence-corrected chi connectivity index (χ2v) is 5.84. The van der Waals surface area contributed by atoms with Crippen molar-refractivity contribution >= 4 is 33.2 Å². The monoisotopic (exact) mass is 355 g/mol. The van der Waals surface area contributed by atoms with Gasteiger partial charge in [0.25, 0.3) is 5.91 Å². The van der Waals surface area contributed by atoms with Crippen molar-refractivity contribution < 1.29 is 14.3 Å². The van der Waals surface area contributed by atoms with Crippen molar-refractivity contribution in [2.75, 3.05) is 14.2 Å². The summed E-state index contributed by atoms with van der Waals surface area (Å²) >= 11 is 4.98. The standard InChI is InChI=1S/C14H14BrNO3S/c1-18-9-6-11(13(19-2)12(15)7-9)14(17)16-8-10-4-3-5-20-10/h3-7H,8H2,1-2H3,(H,16,17). The highest BCUT2D eigenvalue weighted by molar-refractivity contribution is 9.10. The van der Waals surface area contributed by atoms with Crippen LogP contribution >= 0.6 is 27.3 Å². The number of halogens is 1. The van der Waals surface area contributed by atoms with E-state index in [0.29, 0.717) is 28.1 Å². The molecule has 0 atom stereocenters. The molecule has 1 N–H and O–H groups in total. The zero-order chi connectivity index (χ0) is 14.5. The molecule has 20 heavy (non-hydrogen) atoms. The Hall–Kier alpha value is -1.53. The van der Waals surface area contributed by atoms with Crippen LogP contribution in [0.15, 0.2) is 34.1 Å². The molecule has 1 aromatic carbocycles. The summed E-state index contributed by atoms with van der Waals surface area (Å²) in [5, 5.41) is 4.85. The van der Waals surface area contributed by atoms with E-state index < -0.39 is 0 Å². The van der Waals surface area contributed by atoms with Gasteiger partial charge in [0.2, 0.25) is 0 Å². The quantitative estimate of drug-likeness (QED) is 0.893. The molecule has 2 rings (SSSR count). The Labute approximate surface area is 129 Å². The average Bonchev–Trinajstić information content (AvgIpc) is 2.97. The third-order valence-electron chi connectivity index (χ3n) is 2.70. The fraction of sp³-hybridized carbons (Fsp3) is 0.214. The van der Waals surface area contributed by atoms with Crippen molar-refractivity contribution in [1.29, 1.82) is 0 Å². The van der Waals surface area contributed by atoms with Gasteiger partial charge in [-0.2, -0.15) is 0 Å². The van der Waals surface area contributed by atoms with E-state index in [1.807, 2.05) is 17.5 Å². The number of amides is 1. The molecule has 2 aromatic rings. The summed E-state index contributed by atoms with van der Waals surface area (Å²) in [7, 11) is 3.09. The molecule has 0 saturated carbocycles. The van der Waals surface area contributed by atoms with Crippen molar-refractivity contribution in [3.63, 3.8) is 0 Å². The van der Waals surface area contributed by atoms with E-state index >= 15 is 0 Å². The smallest absolute Gasteiger partial charge is 0.255 e. The minimum atomic E-state index is -0.199. The summed E-state index contributed by atoms with van der Waals surface area (Å²) in [4.78, 5) is 13.4. The molecule has 0 aliphatic heterocycles. The predicted octanol–water partition coefficient (Wildman–Crippen LogP) is 3.46. The summed E-state index contributed by atoms with van der Waals surface area (Å²) in [5.74, 6) is 0.892. The highest BCUT2D eigenvalue weighted by Gasteiger charge is 2.17. The number of methoxy groups -OCH3 is 2. The summed E-state index contributed by atoms with van der Waals surface area (Å²) in [6.45, 7) is 0.495. The van der Waals surface area contributed by atoms with Crippen LogP contribution in [0.3, 0.4) is 0 Å². The van der Waals surface area contributed by atoms with Crippen LogP contribution in [0.4, 0.5) is 0 Å². The molecule has 106 valence electrons. The lowest BCUT2D eigenvalue weighted by molar-refractivity contribution is 0.0947. The number of hydrogen-bond acceptors (Lipinski definition) is 4. The molecule has 0 saturated heterocycles. The fourth-order valence-electron chi connectivity index (χ4n) is 1.74. The van der Waals surface area contributed by atoms with E-state index in [1.165, 1.54) is 7.11 Å². The van der Waals surface area contributed by atoms with Crippen LogP contribution < -0.4 is 14.8 Å². The zero-order valence-corrected chi connectivity index (χ0v) is 13.5. The lowest BCUT2D eigenvalue weighted by Gasteiger charge is -2.12. The summed E-state index contributed by atoms with van der Waals surface area (Å²) in [6, 6.07) is 7.35. The van der Waals surface area contributed by atoms with E-state index in [0.717, 1.165) is 4.88 Å². The van der Waals surface area contributed by atoms with Gasteiger partial charge in [0.05, 0.1) is 30.8 Å². The van der Waals surface area contributed by atoms with Gasteiger partial charge in [-0.25, -0.2) is 0 Å². The van der Waals surface area contributed by atoms with E-state index in [2.05, 4.69) is 21.2 Å². The second kappa shape index (κ2) is 6.76. The second-order valence-electron chi connectivity index (χ2n) is 3.95. The van der Waals surface area contributed by atoms with Crippen LogP contribution in [0.5, 0.6) is 11.5 Å². The molecule has 0 radical (unpaired) electrons. The minimum absolute atomic E-state index is 0.199. The summed E-state index contributed by atoms with van der Waals surface area (Å²) < 4.78 is 11.1. The summed E-state index contributed by atoms with van der Waals surface area (Å²) in [6.07, 6.45) is 0. The van der Waals surface area contributed by atoms with Gasteiger partial charge < -0.3 is 14.8 Å². The largest absolute Gasteiger partial charge is 0.497 e. The molecule has 1 amide bonds. The molecule has 0 aliphatic rings. The van der Waals surface area contributed by atoms with E-state index in [-0.39, 0.29) is 5.91 Å². The Morgan fingerprint density at radius 2 is 2.15 bits per heavy atom. The Morgan fingerprint density at radius 1 is 1.35 bits per heavy atom. The van der Waals surface area contributed by atoms with Gasteiger partial charge in [0.1, 0.15) is 11.5 Å². The number of hydrogen-bond donors (Lipinski definition) is 1. The van der Waals surface area contributed by atoms with Crippen molar-refractivity contribution in [2.45, 2.75) is 6.54 Å². The molecular weight excluding hydrogens is 342 g/mol. The number of rotatable bonds is 5. The third kappa shape index (κ3) is 3.32. The molecule has 4 nitrogen and oxygen atoms in total. The highest BCUT2D eigenvalue weighted by Crippen LogP contribution is 2.33. The van der Waals surface area contributed by atoms with E-state index in [4.69, 9.17) is 9.47 Å². The van der Waals surface area contributed by atoms with Crippen LogP contribution in [-0.4, -0.2) is 20.1 Å². The first-order valence-corrected chi connectivity index (χ1v) is 7.55. The maximum atomic E-state index is 12.3. The van der Waals surface area contributed by atoms with Crippen molar-refractivity contribution in [1.82, 2.24) is 5.32 Å². The molecule has 0 spiro atoms. The normalized spacial score (nSPS) is 10.2. The fourth-order valence-corrected chi connectivity index (χ4v) is 2.98. The number of thiophene rings is 1. The Morgan fingerprint density at radius 3 is 2.75 bits per heavy atom. The van der Waals surface area contributed by atoms with Gasteiger partial charge in [0, 0.05) is 4.88 Å². The molecule has 1 aromatic heterocycles. The number of carbonyl (C=O) groups is 1. The zero-order valence-electron chi connectivity index (χ0n) is 11.1. The third-order valence-corrected chi connectivity index (χ3v) is 4.17. The van der Waals surface area contributed by atoms with Gasteiger partial charge >= 0.3 is 0 Å². The Bertz CT molecular complexity index is 599. The molecule has 0 fully saturated rings. The molecule has 0 bridgehead atoms. The number of benzene rings is 1. The van der Waals surface area contributed by atoms with Crippen molar-refractivity contribution in [3.8, 4) is 11.5 Å². The van der Waals surface area contributed by atoms with Gasteiger partial charge in [-0.3, -0.25) is 4.79 Å². The topological polar surface area (TPSA) is 47.6 Å². The Balaban J connectivity index is 2.21. The van der Waals surface area contributed by atoms with Crippen LogP contribution in [0.2, 0.25) is 0 Å². The van der Waals surface area contributed by atoms with E-state index in [1.54, 1.807) is 30.6 Å². The first-order chi connectivity index (χ1) is 9.65. The SMILES string of the molecule is COc1cc(Br)c(OC)c(C(=O)NCc2cccs2)c1. The predicted molar refractivity (Wildman–Crippen MR) is 82.7 cm³/mol. The van der Waals surface area contributed by atoms with E-state index in [9.17, 15) is 4.79 Å². The van der Waals surface area contributed by atoms with Crippen molar-refractivity contribution in [2.24, 2.45) is 0 Å². The number of ether oxygens (including phenoxy) is 2. The molecule has 0 aliphatic carbocycles. The molecule has 0 unspecified atom stereocenters. The van der Waals surface area contributed by atoms with Crippen LogP contribution in [0.1, 0.15) is 15.2 Å². The lowest BCUT2D eigenvalue weighted by Crippen LogP contribution is -2.23. The average molecular weight is 356 g/mol. The maximum absolute atomic E-state index is 12.3. The number of nitrogens with one attached hydrogen (secondary N) is 1. The van der Waals surface area contributed by atoms with Gasteiger partial charge in [-0.05, 0) is 39.5 Å². The minimum Gasteiger partial charge on any atom is -0.497 e. The van der Waals surface area contributed by atoms with Gasteiger partial charge in [-0.1, -0.05) is 6.07 Å². The lowest BCUT2D eigenvalue weighted by atomic mass is 10.1. The van der Waals surface area contributed by atoms with Crippen LogP contribution in [-0.2, 0) is 6.54 Å². The van der Waals surface area contributed by atoms with Crippen LogP contribution in [0.25, 0.3) is 0 Å². The van der Waals surface area contributed by atoms with Gasteiger partial charge in [-0.15, -0.1) is 11.3 Å². The number of carbonyl (C=O) groups excluding carboxylic acids is 1.